The number of nitrogens with zero attached hydrogens (tertiary/aromatic N) is 1. The molecule has 3 nitrogen and oxygen atoms in total. The highest BCUT2D eigenvalue weighted by molar-refractivity contribution is 6.09. The maximum Gasteiger partial charge on any atom is 0.259 e. The fraction of sp³-hybridized carbons (Fsp3) is 0.400. The molecule has 1 heterocycles. The zero-order chi connectivity index (χ0) is 12.9. The van der Waals surface area contributed by atoms with Crippen molar-refractivity contribution in [3.63, 3.8) is 0 Å². The van der Waals surface area contributed by atoms with Gasteiger partial charge in [-0.1, -0.05) is 24.8 Å². The van der Waals surface area contributed by atoms with E-state index in [0.717, 1.165) is 29.7 Å². The number of hydrogen-bond acceptors (Lipinski definition) is 2. The van der Waals surface area contributed by atoms with Gasteiger partial charge in [-0.25, -0.2) is 0 Å². The van der Waals surface area contributed by atoms with Gasteiger partial charge in [-0.15, -0.1) is 0 Å². The van der Waals surface area contributed by atoms with Crippen LogP contribution in [0.1, 0.15) is 35.7 Å². The zero-order valence-electron chi connectivity index (χ0n) is 10.6. The molecular weight excluding hydrogens is 224 g/mol. The van der Waals surface area contributed by atoms with E-state index in [1.54, 1.807) is 0 Å². The van der Waals surface area contributed by atoms with E-state index in [4.69, 9.17) is 5.73 Å². The van der Waals surface area contributed by atoms with Crippen molar-refractivity contribution < 1.29 is 4.79 Å². The Morgan fingerprint density at radius 2 is 2.00 bits per heavy atom. The standard InChI is InChI=1S/C15H18N2O/c1-10-12-5-3-4-6-13(12)14(18)17(10)15(2,9-16)11-7-8-11/h3-6,11H,1,7-9,16H2,2H3. The third kappa shape index (κ3) is 1.37. The summed E-state index contributed by atoms with van der Waals surface area (Å²) in [6.45, 7) is 6.67. The van der Waals surface area contributed by atoms with Crippen LogP contribution in [0.2, 0.25) is 0 Å². The smallest absolute Gasteiger partial charge is 0.259 e. The van der Waals surface area contributed by atoms with Crippen LogP contribution in [-0.2, 0) is 0 Å². The van der Waals surface area contributed by atoms with Crippen LogP contribution in [0.25, 0.3) is 5.70 Å². The summed E-state index contributed by atoms with van der Waals surface area (Å²) in [4.78, 5) is 14.4. The molecule has 1 aliphatic carbocycles. The van der Waals surface area contributed by atoms with E-state index in [2.05, 4.69) is 13.5 Å². The summed E-state index contributed by atoms with van der Waals surface area (Å²) in [5, 5.41) is 0. The average molecular weight is 242 g/mol. The fourth-order valence-corrected chi connectivity index (χ4v) is 2.97. The molecule has 18 heavy (non-hydrogen) atoms. The first-order valence-corrected chi connectivity index (χ1v) is 6.42. The van der Waals surface area contributed by atoms with E-state index in [1.165, 1.54) is 0 Å². The topological polar surface area (TPSA) is 46.3 Å². The highest BCUT2D eigenvalue weighted by atomic mass is 16.2. The second kappa shape index (κ2) is 3.69. The first-order chi connectivity index (χ1) is 8.59. The highest BCUT2D eigenvalue weighted by Gasteiger charge is 2.50. The molecule has 1 saturated carbocycles. The molecule has 0 aromatic heterocycles. The molecule has 2 aliphatic rings. The van der Waals surface area contributed by atoms with E-state index in [9.17, 15) is 4.79 Å². The monoisotopic (exact) mass is 242 g/mol. The van der Waals surface area contributed by atoms with Gasteiger partial charge in [0.05, 0.1) is 5.54 Å². The quantitative estimate of drug-likeness (QED) is 0.883. The van der Waals surface area contributed by atoms with E-state index < -0.39 is 0 Å². The van der Waals surface area contributed by atoms with Gasteiger partial charge >= 0.3 is 0 Å². The van der Waals surface area contributed by atoms with Crippen molar-refractivity contribution in [2.75, 3.05) is 6.54 Å². The van der Waals surface area contributed by atoms with Crippen LogP contribution in [0.3, 0.4) is 0 Å². The molecule has 1 aromatic carbocycles. The summed E-state index contributed by atoms with van der Waals surface area (Å²) in [5.74, 6) is 0.563. The number of benzene rings is 1. The number of carbonyl (C=O) groups is 1. The molecule has 1 atom stereocenters. The minimum Gasteiger partial charge on any atom is -0.328 e. The Hall–Kier alpha value is -1.61. The largest absolute Gasteiger partial charge is 0.328 e. The van der Waals surface area contributed by atoms with Crippen molar-refractivity contribution in [2.24, 2.45) is 11.7 Å². The van der Waals surface area contributed by atoms with Gasteiger partial charge in [0, 0.05) is 23.4 Å². The molecule has 1 amide bonds. The Morgan fingerprint density at radius 3 is 2.50 bits per heavy atom. The zero-order valence-corrected chi connectivity index (χ0v) is 10.6. The minimum absolute atomic E-state index is 0.0513. The molecule has 1 aromatic rings. The number of nitrogens with two attached hydrogens (primary N) is 1. The number of fused-ring (bicyclic) bond motifs is 1. The van der Waals surface area contributed by atoms with Crippen LogP contribution in [0.5, 0.6) is 0 Å². The van der Waals surface area contributed by atoms with Gasteiger partial charge in [-0.05, 0) is 31.7 Å². The third-order valence-corrected chi connectivity index (χ3v) is 4.32. The van der Waals surface area contributed by atoms with Gasteiger partial charge in [-0.3, -0.25) is 4.79 Å². The van der Waals surface area contributed by atoms with Crippen molar-refractivity contribution in [1.29, 1.82) is 0 Å². The normalized spacial score (nSPS) is 22.0. The first-order valence-electron chi connectivity index (χ1n) is 6.42. The highest BCUT2D eigenvalue weighted by Crippen LogP contribution is 2.47. The number of amides is 1. The SMILES string of the molecule is C=C1c2ccccc2C(=O)N1C(C)(CN)C1CC1. The van der Waals surface area contributed by atoms with Crippen LogP contribution in [0.4, 0.5) is 0 Å². The van der Waals surface area contributed by atoms with Crippen LogP contribution in [-0.4, -0.2) is 22.9 Å². The molecule has 1 unspecified atom stereocenters. The molecule has 0 spiro atoms. The lowest BCUT2D eigenvalue weighted by Crippen LogP contribution is -2.52. The fourth-order valence-electron chi connectivity index (χ4n) is 2.97. The summed E-state index contributed by atoms with van der Waals surface area (Å²) < 4.78 is 0. The van der Waals surface area contributed by atoms with E-state index in [-0.39, 0.29) is 11.4 Å². The lowest BCUT2D eigenvalue weighted by molar-refractivity contribution is 0.0681. The molecule has 3 rings (SSSR count). The first kappa shape index (κ1) is 11.5. The summed E-state index contributed by atoms with van der Waals surface area (Å²) in [6, 6.07) is 7.66. The summed E-state index contributed by atoms with van der Waals surface area (Å²) in [7, 11) is 0. The minimum atomic E-state index is -0.285. The van der Waals surface area contributed by atoms with E-state index >= 15 is 0 Å². The number of rotatable bonds is 3. The van der Waals surface area contributed by atoms with Gasteiger partial charge in [-0.2, -0.15) is 0 Å². The number of carbonyl (C=O) groups excluding carboxylic acids is 1. The molecule has 1 fully saturated rings. The van der Waals surface area contributed by atoms with Crippen LogP contribution in [0, 0.1) is 5.92 Å². The van der Waals surface area contributed by atoms with Crippen molar-refractivity contribution in [1.82, 2.24) is 4.90 Å². The van der Waals surface area contributed by atoms with E-state index in [0.29, 0.717) is 12.5 Å². The van der Waals surface area contributed by atoms with Gasteiger partial charge in [0.2, 0.25) is 0 Å². The predicted octanol–water partition coefficient (Wildman–Crippen LogP) is 2.24. The lowest BCUT2D eigenvalue weighted by Gasteiger charge is -2.39. The van der Waals surface area contributed by atoms with Crippen molar-refractivity contribution >= 4 is 11.6 Å². The lowest BCUT2D eigenvalue weighted by atomic mass is 9.93. The molecule has 0 bridgehead atoms. The van der Waals surface area contributed by atoms with E-state index in [1.807, 2.05) is 29.2 Å². The van der Waals surface area contributed by atoms with Gasteiger partial charge in [0.25, 0.3) is 5.91 Å². The third-order valence-electron chi connectivity index (χ3n) is 4.32. The average Bonchev–Trinajstić information content (AvgIpc) is 3.19. The van der Waals surface area contributed by atoms with Gasteiger partial charge in [0.1, 0.15) is 0 Å². The second-order valence-electron chi connectivity index (χ2n) is 5.47. The Kier molecular flexibility index (Phi) is 2.35. The van der Waals surface area contributed by atoms with Crippen molar-refractivity contribution in [2.45, 2.75) is 25.3 Å². The van der Waals surface area contributed by atoms with Gasteiger partial charge in [0.15, 0.2) is 0 Å². The maximum absolute atomic E-state index is 12.6. The molecule has 94 valence electrons. The Bertz CT molecular complexity index is 498. The Labute approximate surface area is 107 Å². The van der Waals surface area contributed by atoms with Crippen molar-refractivity contribution in [3.8, 4) is 0 Å². The molecule has 2 N–H and O–H groups in total. The van der Waals surface area contributed by atoms with Gasteiger partial charge < -0.3 is 10.6 Å². The number of hydrogen-bond donors (Lipinski definition) is 1. The Balaban J connectivity index is 2.06. The molecule has 3 heteroatoms. The van der Waals surface area contributed by atoms with Crippen molar-refractivity contribution in [3.05, 3.63) is 42.0 Å². The summed E-state index contributed by atoms with van der Waals surface area (Å²) in [6.07, 6.45) is 2.31. The maximum atomic E-state index is 12.6. The predicted molar refractivity (Wildman–Crippen MR) is 71.8 cm³/mol. The molecule has 1 aliphatic heterocycles. The summed E-state index contributed by atoms with van der Waals surface area (Å²) >= 11 is 0. The summed E-state index contributed by atoms with van der Waals surface area (Å²) in [5.41, 5.74) is 8.17. The Morgan fingerprint density at radius 1 is 1.39 bits per heavy atom. The molecular formula is C15H18N2O. The molecule has 0 radical (unpaired) electrons. The van der Waals surface area contributed by atoms with Crippen LogP contribution < -0.4 is 5.73 Å². The van der Waals surface area contributed by atoms with Crippen LogP contribution in [0.15, 0.2) is 30.8 Å². The second-order valence-corrected chi connectivity index (χ2v) is 5.47. The molecule has 0 saturated heterocycles. The van der Waals surface area contributed by atoms with Crippen LogP contribution >= 0.6 is 0 Å².